The summed E-state index contributed by atoms with van der Waals surface area (Å²) in [5, 5.41) is 3.39. The van der Waals surface area contributed by atoms with Gasteiger partial charge in [-0.25, -0.2) is 0 Å². The third kappa shape index (κ3) is 3.71. The van der Waals surface area contributed by atoms with Crippen molar-refractivity contribution in [2.24, 2.45) is 11.8 Å². The molecule has 0 bridgehead atoms. The molecule has 0 aromatic heterocycles. The molecular formula is C15H28N2O. The molecule has 0 aromatic carbocycles. The number of nitrogens with zero attached hydrogens (tertiary/aromatic N) is 1. The zero-order valence-corrected chi connectivity index (χ0v) is 12.0. The Kier molecular flexibility index (Phi) is 5.04. The molecule has 0 aromatic rings. The number of piperazine rings is 1. The van der Waals surface area contributed by atoms with Crippen LogP contribution in [0.4, 0.5) is 0 Å². The number of carbonyl (C=O) groups is 1. The summed E-state index contributed by atoms with van der Waals surface area (Å²) in [7, 11) is 0. The first-order valence-electron chi connectivity index (χ1n) is 7.68. The van der Waals surface area contributed by atoms with Gasteiger partial charge < -0.3 is 10.2 Å². The highest BCUT2D eigenvalue weighted by atomic mass is 16.2. The maximum absolute atomic E-state index is 12.3. The standard InChI is InChI=1S/C15H28N2O/c1-12(14-6-4-3-5-7-14)10-15(18)17-9-8-16-13(2)11-17/h12-14,16H,3-11H2,1-2H3. The van der Waals surface area contributed by atoms with E-state index in [1.807, 2.05) is 0 Å². The smallest absolute Gasteiger partial charge is 0.222 e. The SMILES string of the molecule is CC1CN(C(=O)CC(C)C2CCCCC2)CCN1. The minimum atomic E-state index is 0.376. The number of carbonyl (C=O) groups excluding carboxylic acids is 1. The Morgan fingerprint density at radius 2 is 2.06 bits per heavy atom. The summed E-state index contributed by atoms with van der Waals surface area (Å²) in [6.07, 6.45) is 7.57. The molecule has 104 valence electrons. The van der Waals surface area contributed by atoms with Gasteiger partial charge in [0.15, 0.2) is 0 Å². The van der Waals surface area contributed by atoms with E-state index in [0.717, 1.165) is 32.0 Å². The van der Waals surface area contributed by atoms with E-state index < -0.39 is 0 Å². The predicted octanol–water partition coefficient (Wildman–Crippen LogP) is 2.41. The van der Waals surface area contributed by atoms with Crippen LogP contribution < -0.4 is 5.32 Å². The number of hydrogen-bond acceptors (Lipinski definition) is 2. The van der Waals surface area contributed by atoms with Crippen molar-refractivity contribution in [3.05, 3.63) is 0 Å². The van der Waals surface area contributed by atoms with Crippen LogP contribution in [0, 0.1) is 11.8 Å². The molecule has 1 aliphatic heterocycles. The maximum atomic E-state index is 12.3. The molecule has 0 radical (unpaired) electrons. The molecule has 3 heteroatoms. The Bertz CT molecular complexity index is 274. The lowest BCUT2D eigenvalue weighted by molar-refractivity contribution is -0.133. The number of rotatable bonds is 3. The molecule has 2 atom stereocenters. The molecule has 1 heterocycles. The summed E-state index contributed by atoms with van der Waals surface area (Å²) in [4.78, 5) is 14.4. The normalized spacial score (nSPS) is 28.1. The highest BCUT2D eigenvalue weighted by Gasteiger charge is 2.26. The van der Waals surface area contributed by atoms with Gasteiger partial charge in [0.1, 0.15) is 0 Å². The first-order valence-corrected chi connectivity index (χ1v) is 7.68. The summed E-state index contributed by atoms with van der Waals surface area (Å²) in [5.41, 5.74) is 0. The number of hydrogen-bond donors (Lipinski definition) is 1. The predicted molar refractivity (Wildman–Crippen MR) is 74.4 cm³/mol. The van der Waals surface area contributed by atoms with Crippen molar-refractivity contribution < 1.29 is 4.79 Å². The molecule has 2 rings (SSSR count). The summed E-state index contributed by atoms with van der Waals surface area (Å²) in [6, 6.07) is 0.452. The zero-order valence-electron chi connectivity index (χ0n) is 12.0. The zero-order chi connectivity index (χ0) is 13.0. The van der Waals surface area contributed by atoms with Gasteiger partial charge in [0, 0.05) is 32.1 Å². The fourth-order valence-electron chi connectivity index (χ4n) is 3.43. The minimum absolute atomic E-state index is 0.376. The molecule has 2 aliphatic rings. The van der Waals surface area contributed by atoms with Crippen molar-refractivity contribution in [3.63, 3.8) is 0 Å². The van der Waals surface area contributed by atoms with E-state index in [1.54, 1.807) is 0 Å². The third-order valence-corrected chi connectivity index (χ3v) is 4.67. The average molecular weight is 252 g/mol. The van der Waals surface area contributed by atoms with Crippen molar-refractivity contribution in [1.82, 2.24) is 10.2 Å². The summed E-state index contributed by atoms with van der Waals surface area (Å²) in [5.74, 6) is 1.74. The monoisotopic (exact) mass is 252 g/mol. The maximum Gasteiger partial charge on any atom is 0.222 e. The molecule has 1 amide bonds. The Hall–Kier alpha value is -0.570. The largest absolute Gasteiger partial charge is 0.340 e. The van der Waals surface area contributed by atoms with Crippen LogP contribution in [0.1, 0.15) is 52.4 Å². The Morgan fingerprint density at radius 3 is 2.72 bits per heavy atom. The van der Waals surface area contributed by atoms with Crippen molar-refractivity contribution in [3.8, 4) is 0 Å². The van der Waals surface area contributed by atoms with Crippen molar-refractivity contribution in [2.45, 2.75) is 58.4 Å². The third-order valence-electron chi connectivity index (χ3n) is 4.67. The van der Waals surface area contributed by atoms with Gasteiger partial charge >= 0.3 is 0 Å². The van der Waals surface area contributed by atoms with Gasteiger partial charge in [-0.1, -0.05) is 39.0 Å². The lowest BCUT2D eigenvalue weighted by Crippen LogP contribution is -2.51. The van der Waals surface area contributed by atoms with E-state index in [4.69, 9.17) is 0 Å². The van der Waals surface area contributed by atoms with Crippen LogP contribution in [0.3, 0.4) is 0 Å². The number of amides is 1. The number of nitrogens with one attached hydrogen (secondary N) is 1. The van der Waals surface area contributed by atoms with Gasteiger partial charge in [-0.05, 0) is 18.8 Å². The van der Waals surface area contributed by atoms with E-state index >= 15 is 0 Å². The van der Waals surface area contributed by atoms with E-state index in [1.165, 1.54) is 32.1 Å². The lowest BCUT2D eigenvalue weighted by atomic mass is 9.79. The van der Waals surface area contributed by atoms with Crippen molar-refractivity contribution >= 4 is 5.91 Å². The van der Waals surface area contributed by atoms with Crippen molar-refractivity contribution in [2.75, 3.05) is 19.6 Å². The summed E-state index contributed by atoms with van der Waals surface area (Å²) >= 11 is 0. The molecule has 2 unspecified atom stereocenters. The van der Waals surface area contributed by atoms with Crippen LogP contribution in [0.2, 0.25) is 0 Å². The summed E-state index contributed by atoms with van der Waals surface area (Å²) in [6.45, 7) is 7.16. The molecule has 2 fully saturated rings. The van der Waals surface area contributed by atoms with Crippen LogP contribution in [-0.2, 0) is 4.79 Å². The summed E-state index contributed by atoms with van der Waals surface area (Å²) < 4.78 is 0. The topological polar surface area (TPSA) is 32.3 Å². The van der Waals surface area contributed by atoms with Crippen LogP contribution in [0.15, 0.2) is 0 Å². The first-order chi connectivity index (χ1) is 8.66. The molecule has 3 nitrogen and oxygen atoms in total. The molecule has 1 saturated carbocycles. The van der Waals surface area contributed by atoms with E-state index in [9.17, 15) is 4.79 Å². The second-order valence-electron chi connectivity index (χ2n) is 6.27. The molecule has 18 heavy (non-hydrogen) atoms. The molecule has 1 N–H and O–H groups in total. The Balaban J connectivity index is 1.78. The second kappa shape index (κ2) is 6.55. The van der Waals surface area contributed by atoms with E-state index in [2.05, 4.69) is 24.1 Å². The van der Waals surface area contributed by atoms with Crippen LogP contribution >= 0.6 is 0 Å². The lowest BCUT2D eigenvalue weighted by Gasteiger charge is -2.34. The van der Waals surface area contributed by atoms with E-state index in [0.29, 0.717) is 17.9 Å². The highest BCUT2D eigenvalue weighted by molar-refractivity contribution is 5.76. The van der Waals surface area contributed by atoms with Crippen LogP contribution in [0.25, 0.3) is 0 Å². The van der Waals surface area contributed by atoms with Gasteiger partial charge in [-0.3, -0.25) is 4.79 Å². The Labute approximate surface area is 111 Å². The minimum Gasteiger partial charge on any atom is -0.340 e. The van der Waals surface area contributed by atoms with E-state index in [-0.39, 0.29) is 0 Å². The quantitative estimate of drug-likeness (QED) is 0.836. The average Bonchev–Trinajstić information content (AvgIpc) is 2.39. The Morgan fingerprint density at radius 1 is 1.33 bits per heavy atom. The molecule has 1 aliphatic carbocycles. The second-order valence-corrected chi connectivity index (χ2v) is 6.27. The fraction of sp³-hybridized carbons (Fsp3) is 0.933. The fourth-order valence-corrected chi connectivity index (χ4v) is 3.43. The van der Waals surface area contributed by atoms with Crippen LogP contribution in [-0.4, -0.2) is 36.5 Å². The highest BCUT2D eigenvalue weighted by Crippen LogP contribution is 2.31. The van der Waals surface area contributed by atoms with Crippen molar-refractivity contribution in [1.29, 1.82) is 0 Å². The van der Waals surface area contributed by atoms with Gasteiger partial charge in [0.2, 0.25) is 5.91 Å². The molecule has 0 spiro atoms. The molecular weight excluding hydrogens is 224 g/mol. The van der Waals surface area contributed by atoms with Gasteiger partial charge in [0.25, 0.3) is 0 Å². The first kappa shape index (κ1) is 13.9. The molecule has 1 saturated heterocycles. The van der Waals surface area contributed by atoms with Gasteiger partial charge in [-0.15, -0.1) is 0 Å². The van der Waals surface area contributed by atoms with Crippen LogP contribution in [0.5, 0.6) is 0 Å². The van der Waals surface area contributed by atoms with Gasteiger partial charge in [0.05, 0.1) is 0 Å². The van der Waals surface area contributed by atoms with Gasteiger partial charge in [-0.2, -0.15) is 0 Å².